The number of halogens is 1. The van der Waals surface area contributed by atoms with Crippen LogP contribution in [0.25, 0.3) is 5.57 Å². The third kappa shape index (κ3) is 3.76. The van der Waals surface area contributed by atoms with Crippen LogP contribution >= 0.6 is 0 Å². The maximum atomic E-state index is 13.6. The van der Waals surface area contributed by atoms with Crippen LogP contribution in [0.15, 0.2) is 60.2 Å². The van der Waals surface area contributed by atoms with Crippen LogP contribution in [-0.2, 0) is 9.47 Å². The number of fused-ring (bicyclic) bond motifs is 2. The Hall–Kier alpha value is -3.35. The van der Waals surface area contributed by atoms with Gasteiger partial charge in [0.15, 0.2) is 0 Å². The van der Waals surface area contributed by atoms with Crippen molar-refractivity contribution in [1.29, 1.82) is 0 Å². The molecular formula is C24H25FN2O4. The van der Waals surface area contributed by atoms with Crippen LogP contribution < -0.4 is 0 Å². The molecule has 31 heavy (non-hydrogen) atoms. The monoisotopic (exact) mass is 424 g/mol. The molecule has 0 N–H and O–H groups in total. The average molecular weight is 424 g/mol. The number of rotatable bonds is 4. The fourth-order valence-corrected chi connectivity index (χ4v) is 4.52. The first-order chi connectivity index (χ1) is 15.1. The maximum absolute atomic E-state index is 13.6. The number of hydrogen-bond donors (Lipinski definition) is 0. The van der Waals surface area contributed by atoms with E-state index in [9.17, 15) is 14.0 Å². The molecule has 1 aliphatic heterocycles. The molecule has 7 heteroatoms. The zero-order valence-corrected chi connectivity index (χ0v) is 17.6. The Kier molecular flexibility index (Phi) is 5.93. The van der Waals surface area contributed by atoms with Crippen LogP contribution in [0.5, 0.6) is 0 Å². The first-order valence-electron chi connectivity index (χ1n) is 10.5. The second-order valence-corrected chi connectivity index (χ2v) is 7.40. The van der Waals surface area contributed by atoms with Crippen molar-refractivity contribution in [3.8, 4) is 0 Å². The third-order valence-electron chi connectivity index (χ3n) is 5.65. The molecule has 2 aromatic rings. The van der Waals surface area contributed by atoms with Crippen LogP contribution in [0, 0.1) is 5.82 Å². The SMILES string of the molecule is CCOC(=O)N1[C@@H]2CC[C@@H](C2=C(c2ccccc2)c2ccc(F)cc2)N1C(=O)OCC. The summed E-state index contributed by atoms with van der Waals surface area (Å²) in [4.78, 5) is 25.6. The molecule has 2 aliphatic rings. The summed E-state index contributed by atoms with van der Waals surface area (Å²) in [5.41, 5.74) is 3.61. The molecule has 1 aliphatic carbocycles. The molecule has 1 heterocycles. The quantitative estimate of drug-likeness (QED) is 0.693. The van der Waals surface area contributed by atoms with Crippen molar-refractivity contribution in [1.82, 2.24) is 10.0 Å². The number of carbonyl (C=O) groups is 2. The Labute approximate surface area is 180 Å². The largest absolute Gasteiger partial charge is 0.448 e. The standard InChI is InChI=1S/C24H25FN2O4/c1-3-30-23(28)26-19-14-15-20(27(26)24(29)31-4-2)22(19)21(16-8-6-5-7-9-16)17-10-12-18(25)13-11-17/h5-13,19-20H,3-4,14-15H2,1-2H3/t19-,20+. The van der Waals surface area contributed by atoms with Gasteiger partial charge in [-0.2, -0.15) is 0 Å². The Balaban J connectivity index is 1.90. The maximum Gasteiger partial charge on any atom is 0.429 e. The predicted octanol–water partition coefficient (Wildman–Crippen LogP) is 5.00. The number of amides is 2. The fraction of sp³-hybridized carbons (Fsp3) is 0.333. The summed E-state index contributed by atoms with van der Waals surface area (Å²) in [5.74, 6) is -0.322. The number of hydrogen-bond acceptors (Lipinski definition) is 4. The van der Waals surface area contributed by atoms with Gasteiger partial charge in [-0.05, 0) is 61.1 Å². The molecule has 0 radical (unpaired) electrons. The zero-order chi connectivity index (χ0) is 22.0. The second-order valence-electron chi connectivity index (χ2n) is 7.40. The topological polar surface area (TPSA) is 59.1 Å². The van der Waals surface area contributed by atoms with E-state index in [0.29, 0.717) is 12.8 Å². The normalized spacial score (nSPS) is 21.3. The molecule has 1 saturated heterocycles. The van der Waals surface area contributed by atoms with Crippen molar-refractivity contribution in [2.45, 2.75) is 38.8 Å². The summed E-state index contributed by atoms with van der Waals surface area (Å²) >= 11 is 0. The van der Waals surface area contributed by atoms with Gasteiger partial charge < -0.3 is 9.47 Å². The van der Waals surface area contributed by atoms with Crippen LogP contribution in [-0.4, -0.2) is 47.5 Å². The molecule has 4 rings (SSSR count). The summed E-state index contributed by atoms with van der Waals surface area (Å²) in [6.45, 7) is 3.86. The zero-order valence-electron chi connectivity index (χ0n) is 17.6. The lowest BCUT2D eigenvalue weighted by molar-refractivity contribution is -0.0378. The van der Waals surface area contributed by atoms with Gasteiger partial charge in [0.05, 0.1) is 25.3 Å². The van der Waals surface area contributed by atoms with Crippen LogP contribution in [0.4, 0.5) is 14.0 Å². The summed E-state index contributed by atoms with van der Waals surface area (Å²) in [5, 5.41) is 2.77. The molecule has 2 bridgehead atoms. The van der Waals surface area contributed by atoms with Gasteiger partial charge in [-0.1, -0.05) is 42.5 Å². The Bertz CT molecular complexity index is 956. The van der Waals surface area contributed by atoms with Crippen molar-refractivity contribution in [2.24, 2.45) is 0 Å². The molecule has 162 valence electrons. The number of hydrazine groups is 1. The lowest BCUT2D eigenvalue weighted by atomic mass is 9.90. The second kappa shape index (κ2) is 8.79. The van der Waals surface area contributed by atoms with Gasteiger partial charge in [0.25, 0.3) is 0 Å². The Morgan fingerprint density at radius 1 is 0.839 bits per heavy atom. The minimum atomic E-state index is -0.577. The number of carbonyl (C=O) groups excluding carboxylic acids is 2. The highest BCUT2D eigenvalue weighted by molar-refractivity contribution is 5.87. The van der Waals surface area contributed by atoms with E-state index in [2.05, 4.69) is 0 Å². The molecular weight excluding hydrogens is 399 g/mol. The van der Waals surface area contributed by atoms with E-state index in [0.717, 1.165) is 22.3 Å². The first kappa shape index (κ1) is 20.9. The molecule has 2 aromatic carbocycles. The third-order valence-corrected chi connectivity index (χ3v) is 5.65. The van der Waals surface area contributed by atoms with Gasteiger partial charge >= 0.3 is 12.2 Å². The van der Waals surface area contributed by atoms with Crippen molar-refractivity contribution >= 4 is 17.8 Å². The fourth-order valence-electron chi connectivity index (χ4n) is 4.52. The van der Waals surface area contributed by atoms with Gasteiger partial charge in [-0.3, -0.25) is 0 Å². The molecule has 2 atom stereocenters. The smallest absolute Gasteiger partial charge is 0.429 e. The van der Waals surface area contributed by atoms with Crippen LogP contribution in [0.2, 0.25) is 0 Å². The highest BCUT2D eigenvalue weighted by Crippen LogP contribution is 2.47. The minimum Gasteiger partial charge on any atom is -0.448 e. The van der Waals surface area contributed by atoms with Gasteiger partial charge in [-0.15, -0.1) is 0 Å². The van der Waals surface area contributed by atoms with Crippen molar-refractivity contribution < 1.29 is 23.5 Å². The Morgan fingerprint density at radius 2 is 1.32 bits per heavy atom. The number of ether oxygens (including phenoxy) is 2. The average Bonchev–Trinajstić information content (AvgIpc) is 3.32. The number of benzene rings is 2. The number of nitrogens with zero attached hydrogens (tertiary/aromatic N) is 2. The molecule has 0 unspecified atom stereocenters. The van der Waals surface area contributed by atoms with Gasteiger partial charge in [0.1, 0.15) is 5.82 Å². The van der Waals surface area contributed by atoms with E-state index >= 15 is 0 Å². The van der Waals surface area contributed by atoms with Crippen LogP contribution in [0.1, 0.15) is 37.8 Å². The van der Waals surface area contributed by atoms with Gasteiger partial charge in [0, 0.05) is 0 Å². The van der Waals surface area contributed by atoms with Gasteiger partial charge in [-0.25, -0.2) is 24.0 Å². The first-order valence-corrected chi connectivity index (χ1v) is 10.5. The highest BCUT2D eigenvalue weighted by atomic mass is 19.1. The van der Waals surface area contributed by atoms with E-state index in [1.165, 1.54) is 22.2 Å². The van der Waals surface area contributed by atoms with E-state index < -0.39 is 12.2 Å². The molecule has 2 amide bonds. The van der Waals surface area contributed by atoms with Crippen molar-refractivity contribution in [2.75, 3.05) is 13.2 Å². The van der Waals surface area contributed by atoms with E-state index in [1.54, 1.807) is 26.0 Å². The van der Waals surface area contributed by atoms with E-state index in [1.807, 2.05) is 30.3 Å². The molecule has 0 spiro atoms. The molecule has 0 aromatic heterocycles. The lowest BCUT2D eigenvalue weighted by Crippen LogP contribution is -2.53. The Morgan fingerprint density at radius 3 is 1.81 bits per heavy atom. The summed E-state index contributed by atoms with van der Waals surface area (Å²) < 4.78 is 24.2. The minimum absolute atomic E-state index is 0.200. The van der Waals surface area contributed by atoms with Crippen molar-refractivity contribution in [3.63, 3.8) is 0 Å². The highest BCUT2D eigenvalue weighted by Gasteiger charge is 2.55. The summed E-state index contributed by atoms with van der Waals surface area (Å²) in [6.07, 6.45) is 0.247. The molecule has 2 fully saturated rings. The summed E-state index contributed by atoms with van der Waals surface area (Å²) in [6, 6.07) is 15.4. The van der Waals surface area contributed by atoms with E-state index in [4.69, 9.17) is 9.47 Å². The predicted molar refractivity (Wildman–Crippen MR) is 113 cm³/mol. The summed E-state index contributed by atoms with van der Waals surface area (Å²) in [7, 11) is 0. The molecule has 1 saturated carbocycles. The lowest BCUT2D eigenvalue weighted by Gasteiger charge is -2.35. The van der Waals surface area contributed by atoms with Crippen molar-refractivity contribution in [3.05, 3.63) is 77.1 Å². The molecule has 6 nitrogen and oxygen atoms in total. The van der Waals surface area contributed by atoms with E-state index in [-0.39, 0.29) is 31.1 Å². The van der Waals surface area contributed by atoms with Crippen LogP contribution in [0.3, 0.4) is 0 Å². The van der Waals surface area contributed by atoms with Gasteiger partial charge in [0.2, 0.25) is 0 Å².